The minimum Gasteiger partial charge on any atom is -0.291 e. The summed E-state index contributed by atoms with van der Waals surface area (Å²) in [6, 6.07) is 7.46. The number of carbonyl (C=O) groups is 2. The number of aliphatic imine (C=N–C) groups is 1. The Bertz CT molecular complexity index is 491. The van der Waals surface area contributed by atoms with Gasteiger partial charge in [0.1, 0.15) is 6.54 Å². The van der Waals surface area contributed by atoms with Crippen LogP contribution in [0.1, 0.15) is 12.5 Å². The molecule has 0 aromatic heterocycles. The summed E-state index contributed by atoms with van der Waals surface area (Å²) in [6.07, 6.45) is 0. The van der Waals surface area contributed by atoms with Gasteiger partial charge in [0.15, 0.2) is 11.6 Å². The van der Waals surface area contributed by atoms with Crippen LogP contribution in [-0.2, 0) is 9.59 Å². The molecule has 1 aliphatic heterocycles. The molecule has 2 rings (SSSR count). The van der Waals surface area contributed by atoms with Gasteiger partial charge in [-0.2, -0.15) is 0 Å². The lowest BCUT2D eigenvalue weighted by molar-refractivity contribution is -0.118. The monoisotopic (exact) mass is 231 g/mol. The lowest BCUT2D eigenvalue weighted by atomic mass is 10.2. The summed E-state index contributed by atoms with van der Waals surface area (Å²) in [4.78, 5) is 26.8. The zero-order chi connectivity index (χ0) is 12.4. The van der Waals surface area contributed by atoms with E-state index in [0.717, 1.165) is 5.56 Å². The molecule has 5 nitrogen and oxygen atoms in total. The second-order valence-electron chi connectivity index (χ2n) is 3.90. The van der Waals surface area contributed by atoms with Crippen LogP contribution in [0, 0.1) is 6.92 Å². The van der Waals surface area contributed by atoms with E-state index in [9.17, 15) is 9.59 Å². The van der Waals surface area contributed by atoms with Gasteiger partial charge in [-0.05, 0) is 19.1 Å². The van der Waals surface area contributed by atoms with Crippen LogP contribution >= 0.6 is 0 Å². The van der Waals surface area contributed by atoms with Crippen molar-refractivity contribution < 1.29 is 9.59 Å². The number of amides is 1. The molecular weight excluding hydrogens is 218 g/mol. The van der Waals surface area contributed by atoms with Gasteiger partial charge in [0, 0.05) is 6.92 Å². The molecule has 1 aliphatic rings. The Labute approximate surface area is 99.1 Å². The average molecular weight is 231 g/mol. The summed E-state index contributed by atoms with van der Waals surface area (Å²) >= 11 is 0. The number of anilines is 1. The SMILES string of the molecule is CC(=O)C1=NCC(=O)N(c2ccc(C)cc2)N1. The van der Waals surface area contributed by atoms with Crippen LogP contribution in [0.25, 0.3) is 0 Å². The highest BCUT2D eigenvalue weighted by molar-refractivity contribution is 6.39. The summed E-state index contributed by atoms with van der Waals surface area (Å²) in [5.41, 5.74) is 4.54. The van der Waals surface area contributed by atoms with Crippen LogP contribution in [0.4, 0.5) is 5.69 Å². The van der Waals surface area contributed by atoms with E-state index in [-0.39, 0.29) is 24.1 Å². The number of hydrogen-bond donors (Lipinski definition) is 1. The molecule has 0 bridgehead atoms. The maximum Gasteiger partial charge on any atom is 0.267 e. The standard InChI is InChI=1S/C12H13N3O2/c1-8-3-5-10(6-4-8)15-11(17)7-13-12(14-15)9(2)16/h3-6H,7H2,1-2H3,(H,13,14). The van der Waals surface area contributed by atoms with Crippen molar-refractivity contribution in [1.29, 1.82) is 0 Å². The largest absolute Gasteiger partial charge is 0.291 e. The highest BCUT2D eigenvalue weighted by atomic mass is 16.2. The summed E-state index contributed by atoms with van der Waals surface area (Å²) in [5.74, 6) is -0.154. The minimum absolute atomic E-state index is 0.00418. The van der Waals surface area contributed by atoms with E-state index in [1.54, 1.807) is 0 Å². The number of nitrogens with zero attached hydrogens (tertiary/aromatic N) is 2. The van der Waals surface area contributed by atoms with Gasteiger partial charge in [-0.15, -0.1) is 0 Å². The zero-order valence-corrected chi connectivity index (χ0v) is 9.73. The quantitative estimate of drug-likeness (QED) is 0.820. The molecule has 0 atom stereocenters. The van der Waals surface area contributed by atoms with Gasteiger partial charge >= 0.3 is 0 Å². The average Bonchev–Trinajstić information content (AvgIpc) is 2.31. The Morgan fingerprint density at radius 3 is 2.59 bits per heavy atom. The highest BCUT2D eigenvalue weighted by Crippen LogP contribution is 2.15. The van der Waals surface area contributed by atoms with Gasteiger partial charge in [-0.3, -0.25) is 20.0 Å². The summed E-state index contributed by atoms with van der Waals surface area (Å²) in [5, 5.41) is 1.35. The first-order valence-electron chi connectivity index (χ1n) is 5.29. The van der Waals surface area contributed by atoms with Gasteiger partial charge in [-0.1, -0.05) is 17.7 Å². The van der Waals surface area contributed by atoms with E-state index in [1.165, 1.54) is 11.9 Å². The third-order valence-electron chi connectivity index (χ3n) is 2.47. The van der Waals surface area contributed by atoms with Crippen molar-refractivity contribution in [2.45, 2.75) is 13.8 Å². The number of aryl methyl sites for hydroxylation is 1. The predicted octanol–water partition coefficient (Wildman–Crippen LogP) is 0.834. The summed E-state index contributed by atoms with van der Waals surface area (Å²) < 4.78 is 0. The number of rotatable bonds is 2. The molecule has 1 amide bonds. The Kier molecular flexibility index (Phi) is 2.91. The molecule has 0 saturated heterocycles. The fourth-order valence-electron chi connectivity index (χ4n) is 1.51. The van der Waals surface area contributed by atoms with Crippen LogP contribution in [0.15, 0.2) is 29.3 Å². The third-order valence-corrected chi connectivity index (χ3v) is 2.47. The first kappa shape index (κ1) is 11.3. The van der Waals surface area contributed by atoms with Crippen molar-refractivity contribution in [3.63, 3.8) is 0 Å². The number of nitrogens with one attached hydrogen (secondary N) is 1. The van der Waals surface area contributed by atoms with Crippen molar-refractivity contribution >= 4 is 23.2 Å². The molecule has 0 unspecified atom stereocenters. The minimum atomic E-state index is -0.186. The molecular formula is C12H13N3O2. The lowest BCUT2D eigenvalue weighted by Crippen LogP contribution is -2.53. The molecule has 0 radical (unpaired) electrons. The molecule has 1 aromatic rings. The van der Waals surface area contributed by atoms with Crippen molar-refractivity contribution in [3.8, 4) is 0 Å². The van der Waals surface area contributed by atoms with Gasteiger partial charge < -0.3 is 0 Å². The summed E-state index contributed by atoms with van der Waals surface area (Å²) in [6.45, 7) is 3.38. The predicted molar refractivity (Wildman–Crippen MR) is 64.8 cm³/mol. The molecule has 1 aromatic carbocycles. The first-order valence-corrected chi connectivity index (χ1v) is 5.29. The topological polar surface area (TPSA) is 61.8 Å². The number of hydrogen-bond acceptors (Lipinski definition) is 4. The van der Waals surface area contributed by atoms with E-state index >= 15 is 0 Å². The Balaban J connectivity index is 2.27. The molecule has 1 heterocycles. The van der Waals surface area contributed by atoms with E-state index in [1.807, 2.05) is 31.2 Å². The smallest absolute Gasteiger partial charge is 0.267 e. The van der Waals surface area contributed by atoms with E-state index in [2.05, 4.69) is 10.4 Å². The molecule has 5 heteroatoms. The van der Waals surface area contributed by atoms with Crippen LogP contribution in [0.2, 0.25) is 0 Å². The van der Waals surface area contributed by atoms with Crippen LogP contribution in [-0.4, -0.2) is 24.1 Å². The highest BCUT2D eigenvalue weighted by Gasteiger charge is 2.23. The van der Waals surface area contributed by atoms with Crippen LogP contribution < -0.4 is 10.4 Å². The van der Waals surface area contributed by atoms with E-state index in [4.69, 9.17) is 0 Å². The molecule has 88 valence electrons. The van der Waals surface area contributed by atoms with Crippen molar-refractivity contribution in [2.75, 3.05) is 11.6 Å². The van der Waals surface area contributed by atoms with Crippen molar-refractivity contribution in [2.24, 2.45) is 4.99 Å². The fraction of sp³-hybridized carbons (Fsp3) is 0.250. The fourth-order valence-corrected chi connectivity index (χ4v) is 1.51. The Morgan fingerprint density at radius 2 is 2.00 bits per heavy atom. The van der Waals surface area contributed by atoms with Crippen molar-refractivity contribution in [3.05, 3.63) is 29.8 Å². The Hall–Kier alpha value is -2.17. The Morgan fingerprint density at radius 1 is 1.35 bits per heavy atom. The van der Waals surface area contributed by atoms with E-state index in [0.29, 0.717) is 5.69 Å². The van der Waals surface area contributed by atoms with Crippen LogP contribution in [0.3, 0.4) is 0 Å². The zero-order valence-electron chi connectivity index (χ0n) is 9.73. The first-order chi connectivity index (χ1) is 8.08. The maximum atomic E-state index is 11.7. The summed E-state index contributed by atoms with van der Waals surface area (Å²) in [7, 11) is 0. The molecule has 17 heavy (non-hydrogen) atoms. The second kappa shape index (κ2) is 4.37. The molecule has 0 saturated carbocycles. The molecule has 1 N–H and O–H groups in total. The van der Waals surface area contributed by atoms with Crippen LogP contribution in [0.5, 0.6) is 0 Å². The van der Waals surface area contributed by atoms with E-state index < -0.39 is 0 Å². The number of benzene rings is 1. The molecule has 0 spiro atoms. The number of amidine groups is 1. The number of ketones is 1. The third kappa shape index (κ3) is 2.33. The number of Topliss-reactive ketones (excluding diaryl/α,β-unsaturated/α-hetero) is 1. The van der Waals surface area contributed by atoms with Gasteiger partial charge in [-0.25, -0.2) is 5.01 Å². The van der Waals surface area contributed by atoms with Crippen molar-refractivity contribution in [1.82, 2.24) is 5.43 Å². The maximum absolute atomic E-state index is 11.7. The van der Waals surface area contributed by atoms with Gasteiger partial charge in [0.25, 0.3) is 5.91 Å². The number of hydrazine groups is 1. The molecule has 0 aliphatic carbocycles. The number of carbonyl (C=O) groups excluding carboxylic acids is 2. The van der Waals surface area contributed by atoms with Gasteiger partial charge in [0.2, 0.25) is 0 Å². The second-order valence-corrected chi connectivity index (χ2v) is 3.90. The normalized spacial score (nSPS) is 15.3. The van der Waals surface area contributed by atoms with Gasteiger partial charge in [0.05, 0.1) is 5.69 Å². The lowest BCUT2D eigenvalue weighted by Gasteiger charge is -2.27. The molecule has 0 fully saturated rings.